The molecule has 0 saturated carbocycles. The van der Waals surface area contributed by atoms with Gasteiger partial charge in [-0.2, -0.15) is 0 Å². The molecule has 0 unspecified atom stereocenters. The molecule has 0 saturated heterocycles. The van der Waals surface area contributed by atoms with Crippen molar-refractivity contribution in [3.8, 4) is 0 Å². The van der Waals surface area contributed by atoms with Crippen molar-refractivity contribution < 1.29 is 13.2 Å². The molecule has 0 spiro atoms. The number of carbonyl (C=O) groups excluding carboxylic acids is 1. The Morgan fingerprint density at radius 1 is 1.25 bits per heavy atom. The Morgan fingerprint density at radius 2 is 1.88 bits per heavy atom. The fourth-order valence-electron chi connectivity index (χ4n) is 1.59. The van der Waals surface area contributed by atoms with E-state index in [0.717, 1.165) is 7.88 Å². The monoisotopic (exact) mass is 352 g/mol. The number of para-hydroxylation sites is 1. The predicted octanol–water partition coefficient (Wildman–Crippen LogP) is 1.48. The molecule has 1 aliphatic rings. The van der Waals surface area contributed by atoms with Gasteiger partial charge < -0.3 is 0 Å². The molecule has 2 amide bonds. The molecular formula is C9H9IN2O3S. The van der Waals surface area contributed by atoms with E-state index in [2.05, 4.69) is 0 Å². The Labute approximate surface area is 107 Å². The van der Waals surface area contributed by atoms with Crippen LogP contribution in [0.2, 0.25) is 0 Å². The van der Waals surface area contributed by atoms with Gasteiger partial charge in [-0.15, -0.1) is 0 Å². The van der Waals surface area contributed by atoms with E-state index in [0.29, 0.717) is 5.69 Å². The van der Waals surface area contributed by atoms with Crippen molar-refractivity contribution in [2.45, 2.75) is 4.90 Å². The first-order chi connectivity index (χ1) is 7.37. The second kappa shape index (κ2) is 3.59. The number of nitrogens with zero attached hydrogens (tertiary/aromatic N) is 2. The number of amides is 2. The smallest absolute Gasteiger partial charge is 0.294 e. The van der Waals surface area contributed by atoms with E-state index in [1.807, 2.05) is 22.6 Å². The third-order valence-corrected chi connectivity index (χ3v) is 5.11. The van der Waals surface area contributed by atoms with Gasteiger partial charge in [0.25, 0.3) is 10.0 Å². The lowest BCUT2D eigenvalue weighted by Crippen LogP contribution is -2.47. The Bertz CT molecular complexity index is 570. The molecule has 1 heterocycles. The van der Waals surface area contributed by atoms with E-state index >= 15 is 0 Å². The van der Waals surface area contributed by atoms with Crippen LogP contribution in [-0.2, 0) is 10.0 Å². The maximum Gasteiger partial charge on any atom is 0.337 e. The first kappa shape index (κ1) is 11.6. The third kappa shape index (κ3) is 1.41. The molecular weight excluding hydrogens is 343 g/mol. The molecule has 0 fully saturated rings. The number of hydrogen-bond donors (Lipinski definition) is 0. The third-order valence-electron chi connectivity index (χ3n) is 2.48. The molecule has 2 rings (SSSR count). The van der Waals surface area contributed by atoms with Gasteiger partial charge in [-0.25, -0.2) is 17.5 Å². The second-order valence-electron chi connectivity index (χ2n) is 3.40. The molecule has 1 aromatic carbocycles. The van der Waals surface area contributed by atoms with Gasteiger partial charge in [0.2, 0.25) is 0 Å². The van der Waals surface area contributed by atoms with Crippen molar-refractivity contribution in [3.63, 3.8) is 0 Å². The first-order valence-corrected chi connectivity index (χ1v) is 6.94. The molecule has 0 radical (unpaired) electrons. The van der Waals surface area contributed by atoms with Gasteiger partial charge in [0, 0.05) is 17.7 Å². The van der Waals surface area contributed by atoms with Gasteiger partial charge in [0.05, 0.1) is 5.69 Å². The summed E-state index contributed by atoms with van der Waals surface area (Å²) in [7, 11) is -0.863. The van der Waals surface area contributed by atoms with Gasteiger partial charge in [0.1, 0.15) is 4.90 Å². The van der Waals surface area contributed by atoms with Crippen LogP contribution in [0.25, 0.3) is 0 Å². The maximum absolute atomic E-state index is 12.0. The summed E-state index contributed by atoms with van der Waals surface area (Å²) in [5.74, 6) is 0. The van der Waals surface area contributed by atoms with E-state index in [4.69, 9.17) is 0 Å². The summed E-state index contributed by atoms with van der Waals surface area (Å²) >= 11 is 2.02. The van der Waals surface area contributed by atoms with E-state index in [1.54, 1.807) is 19.2 Å². The van der Waals surface area contributed by atoms with Crippen LogP contribution in [0.3, 0.4) is 0 Å². The van der Waals surface area contributed by atoms with Crippen LogP contribution in [0.15, 0.2) is 23.1 Å². The first-order valence-electron chi connectivity index (χ1n) is 4.42. The van der Waals surface area contributed by atoms with Crippen molar-refractivity contribution in [3.05, 3.63) is 21.8 Å². The zero-order valence-electron chi connectivity index (χ0n) is 8.64. The number of sulfonamides is 1. The average molecular weight is 352 g/mol. The number of halogens is 1. The van der Waals surface area contributed by atoms with Crippen LogP contribution >= 0.6 is 22.6 Å². The SMILES string of the molecule is CN1C(=O)N(C)S(=O)(=O)c2cccc(I)c21. The minimum Gasteiger partial charge on any atom is -0.294 e. The molecule has 0 N–H and O–H groups in total. The summed E-state index contributed by atoms with van der Waals surface area (Å²) in [6.45, 7) is 0. The number of anilines is 1. The summed E-state index contributed by atoms with van der Waals surface area (Å²) in [5, 5.41) is 0. The van der Waals surface area contributed by atoms with Crippen LogP contribution in [0.5, 0.6) is 0 Å². The van der Waals surface area contributed by atoms with E-state index in [9.17, 15) is 13.2 Å². The molecule has 1 aliphatic heterocycles. The summed E-state index contributed by atoms with van der Waals surface area (Å²) in [5.41, 5.74) is 0.450. The van der Waals surface area contributed by atoms with Gasteiger partial charge in [-0.05, 0) is 34.7 Å². The molecule has 16 heavy (non-hydrogen) atoms. The number of hydrogen-bond acceptors (Lipinski definition) is 3. The van der Waals surface area contributed by atoms with Crippen molar-refractivity contribution >= 4 is 44.3 Å². The van der Waals surface area contributed by atoms with Crippen molar-refractivity contribution in [2.24, 2.45) is 0 Å². The predicted molar refractivity (Wildman–Crippen MR) is 67.9 cm³/mol. The summed E-state index contributed by atoms with van der Waals surface area (Å²) in [6.07, 6.45) is 0. The minimum atomic E-state index is -3.69. The van der Waals surface area contributed by atoms with Gasteiger partial charge in [-0.1, -0.05) is 6.07 Å². The molecule has 5 nitrogen and oxygen atoms in total. The Balaban J connectivity index is 2.84. The number of carbonyl (C=O) groups is 1. The summed E-state index contributed by atoms with van der Waals surface area (Å²) < 4.78 is 25.5. The highest BCUT2D eigenvalue weighted by Crippen LogP contribution is 2.35. The fourth-order valence-corrected chi connectivity index (χ4v) is 3.99. The van der Waals surface area contributed by atoms with Crippen LogP contribution in [-0.4, -0.2) is 32.8 Å². The summed E-state index contributed by atoms with van der Waals surface area (Å²) in [6, 6.07) is 4.39. The lowest BCUT2D eigenvalue weighted by atomic mass is 10.3. The number of rotatable bonds is 0. The zero-order chi connectivity index (χ0) is 12.1. The molecule has 86 valence electrons. The van der Waals surface area contributed by atoms with Crippen molar-refractivity contribution in [1.82, 2.24) is 4.31 Å². The van der Waals surface area contributed by atoms with Crippen LogP contribution in [0.1, 0.15) is 0 Å². The number of benzene rings is 1. The molecule has 0 atom stereocenters. The highest BCUT2D eigenvalue weighted by molar-refractivity contribution is 14.1. The molecule has 7 heteroatoms. The second-order valence-corrected chi connectivity index (χ2v) is 6.50. The van der Waals surface area contributed by atoms with Gasteiger partial charge in [0.15, 0.2) is 0 Å². The minimum absolute atomic E-state index is 0.170. The summed E-state index contributed by atoms with van der Waals surface area (Å²) in [4.78, 5) is 13.2. The largest absolute Gasteiger partial charge is 0.337 e. The molecule has 0 bridgehead atoms. The Morgan fingerprint density at radius 3 is 2.50 bits per heavy atom. The standard InChI is InChI=1S/C9H9IN2O3S/c1-11-8-6(10)4-3-5-7(8)16(14,15)12(2)9(11)13/h3-5H,1-2H3. The quantitative estimate of drug-likeness (QED) is 0.665. The van der Waals surface area contributed by atoms with Crippen molar-refractivity contribution in [1.29, 1.82) is 0 Å². The molecule has 0 aliphatic carbocycles. The lowest BCUT2D eigenvalue weighted by Gasteiger charge is -2.32. The zero-order valence-corrected chi connectivity index (χ0v) is 11.6. The number of fused-ring (bicyclic) bond motifs is 1. The van der Waals surface area contributed by atoms with Crippen molar-refractivity contribution in [2.75, 3.05) is 19.0 Å². The Kier molecular flexibility index (Phi) is 2.61. The van der Waals surface area contributed by atoms with Crippen LogP contribution in [0, 0.1) is 3.57 Å². The van der Waals surface area contributed by atoms with E-state index in [-0.39, 0.29) is 4.90 Å². The molecule has 0 aromatic heterocycles. The highest BCUT2D eigenvalue weighted by Gasteiger charge is 2.38. The maximum atomic E-state index is 12.0. The van der Waals surface area contributed by atoms with Gasteiger partial charge in [-0.3, -0.25) is 4.90 Å². The fraction of sp³-hybridized carbons (Fsp3) is 0.222. The van der Waals surface area contributed by atoms with Gasteiger partial charge >= 0.3 is 6.03 Å². The molecule has 1 aromatic rings. The highest BCUT2D eigenvalue weighted by atomic mass is 127. The van der Waals surface area contributed by atoms with Crippen LogP contribution in [0.4, 0.5) is 10.5 Å². The van der Waals surface area contributed by atoms with E-state index in [1.165, 1.54) is 18.0 Å². The van der Waals surface area contributed by atoms with Crippen LogP contribution < -0.4 is 4.90 Å². The number of urea groups is 1. The lowest BCUT2D eigenvalue weighted by molar-refractivity contribution is 0.234. The Hall–Kier alpha value is -0.830. The average Bonchev–Trinajstić information content (AvgIpc) is 2.24. The van der Waals surface area contributed by atoms with E-state index < -0.39 is 16.1 Å². The normalized spacial score (nSPS) is 18.6. The topological polar surface area (TPSA) is 57.7 Å².